The second-order valence-corrected chi connectivity index (χ2v) is 7.88. The normalized spacial score (nSPS) is 12.7. The molecule has 3 aromatic rings. The number of aryl methyl sites for hydroxylation is 1. The molecule has 0 aliphatic heterocycles. The van der Waals surface area contributed by atoms with Gasteiger partial charge in [0.15, 0.2) is 0 Å². The number of ketones is 1. The van der Waals surface area contributed by atoms with E-state index in [4.69, 9.17) is 0 Å². The number of thioether (sulfide) groups is 1. The first kappa shape index (κ1) is 21.2. The predicted molar refractivity (Wildman–Crippen MR) is 114 cm³/mol. The lowest BCUT2D eigenvalue weighted by molar-refractivity contribution is -0.505. The zero-order chi connectivity index (χ0) is 21.7. The second-order valence-electron chi connectivity index (χ2n) is 6.66. The van der Waals surface area contributed by atoms with Gasteiger partial charge in [0.2, 0.25) is 5.78 Å². The minimum atomic E-state index is -1.56. The third kappa shape index (κ3) is 4.90. The average molecular weight is 422 g/mol. The van der Waals surface area contributed by atoms with Gasteiger partial charge in [0, 0.05) is 27.5 Å². The zero-order valence-corrected chi connectivity index (χ0v) is 16.8. The van der Waals surface area contributed by atoms with E-state index in [1.807, 2.05) is 31.2 Å². The Morgan fingerprint density at radius 3 is 2.00 bits per heavy atom. The number of carbonyl (C=O) groups excluding carboxylic acids is 1. The lowest BCUT2D eigenvalue weighted by atomic mass is 9.97. The summed E-state index contributed by atoms with van der Waals surface area (Å²) in [4.78, 5) is 35.7. The standard InChI is InChI=1S/C22H18N2O5S/c1-15-7-13-19(14-8-15)30-22(17-9-11-18(12-10-17)23(26)27)20(24(28)29)21(25)16-5-3-2-4-6-16/h2-14,20,22H,1H3. The molecule has 0 spiro atoms. The van der Waals surface area contributed by atoms with E-state index in [0.717, 1.165) is 10.5 Å². The van der Waals surface area contributed by atoms with E-state index in [1.54, 1.807) is 30.3 Å². The number of Topliss-reactive ketones (excluding diaryl/α,β-unsaturated/α-hetero) is 1. The summed E-state index contributed by atoms with van der Waals surface area (Å²) in [6.07, 6.45) is 0. The quantitative estimate of drug-likeness (QED) is 0.212. The highest BCUT2D eigenvalue weighted by atomic mass is 32.2. The summed E-state index contributed by atoms with van der Waals surface area (Å²) in [6, 6.07) is 19.5. The van der Waals surface area contributed by atoms with E-state index in [-0.39, 0.29) is 11.3 Å². The van der Waals surface area contributed by atoms with E-state index in [2.05, 4.69) is 0 Å². The van der Waals surface area contributed by atoms with Crippen LogP contribution < -0.4 is 0 Å². The third-order valence-electron chi connectivity index (χ3n) is 4.56. The number of rotatable bonds is 8. The van der Waals surface area contributed by atoms with Gasteiger partial charge in [-0.1, -0.05) is 60.2 Å². The first-order chi connectivity index (χ1) is 14.4. The zero-order valence-electron chi connectivity index (χ0n) is 16.0. The first-order valence-electron chi connectivity index (χ1n) is 9.07. The SMILES string of the molecule is Cc1ccc(SC(c2ccc([N+](=O)[O-])cc2)C(C(=O)c2ccccc2)[N+](=O)[O-])cc1. The van der Waals surface area contributed by atoms with Crippen molar-refractivity contribution in [2.24, 2.45) is 0 Å². The molecule has 152 valence electrons. The van der Waals surface area contributed by atoms with Crippen molar-refractivity contribution in [2.45, 2.75) is 23.1 Å². The van der Waals surface area contributed by atoms with Gasteiger partial charge in [-0.3, -0.25) is 25.0 Å². The molecule has 30 heavy (non-hydrogen) atoms. The van der Waals surface area contributed by atoms with Crippen LogP contribution in [-0.2, 0) is 0 Å². The number of non-ortho nitro benzene ring substituents is 1. The fourth-order valence-corrected chi connectivity index (χ4v) is 4.21. The number of hydrogen-bond donors (Lipinski definition) is 0. The average Bonchev–Trinajstić information content (AvgIpc) is 2.75. The molecule has 3 aromatic carbocycles. The molecule has 0 aliphatic carbocycles. The molecule has 2 atom stereocenters. The van der Waals surface area contributed by atoms with E-state index < -0.39 is 26.9 Å². The molecule has 8 heteroatoms. The Bertz CT molecular complexity index is 1050. The molecule has 2 unspecified atom stereocenters. The van der Waals surface area contributed by atoms with E-state index in [0.29, 0.717) is 5.56 Å². The Morgan fingerprint density at radius 1 is 0.867 bits per heavy atom. The number of hydrogen-bond acceptors (Lipinski definition) is 6. The Kier molecular flexibility index (Phi) is 6.58. The summed E-state index contributed by atoms with van der Waals surface area (Å²) >= 11 is 1.19. The van der Waals surface area contributed by atoms with Crippen LogP contribution in [0, 0.1) is 27.2 Å². The van der Waals surface area contributed by atoms with Gasteiger partial charge in [-0.05, 0) is 24.6 Å². The molecule has 7 nitrogen and oxygen atoms in total. The summed E-state index contributed by atoms with van der Waals surface area (Å²) < 4.78 is 0. The highest BCUT2D eigenvalue weighted by molar-refractivity contribution is 7.99. The topological polar surface area (TPSA) is 103 Å². The first-order valence-corrected chi connectivity index (χ1v) is 9.95. The molecule has 0 bridgehead atoms. The molecule has 0 saturated carbocycles. The number of carbonyl (C=O) groups is 1. The molecular formula is C22H18N2O5S. The van der Waals surface area contributed by atoms with Crippen molar-refractivity contribution in [3.05, 3.63) is 116 Å². The maximum atomic E-state index is 13.1. The molecule has 0 heterocycles. The fraction of sp³-hybridized carbons (Fsp3) is 0.136. The summed E-state index contributed by atoms with van der Waals surface area (Å²) in [5, 5.41) is 22.1. The van der Waals surface area contributed by atoms with Crippen LogP contribution in [0.1, 0.15) is 26.7 Å². The van der Waals surface area contributed by atoms with E-state index >= 15 is 0 Å². The van der Waals surface area contributed by atoms with E-state index in [1.165, 1.54) is 36.0 Å². The van der Waals surface area contributed by atoms with Crippen LogP contribution in [0.4, 0.5) is 5.69 Å². The van der Waals surface area contributed by atoms with Gasteiger partial charge in [-0.2, -0.15) is 0 Å². The second kappa shape index (κ2) is 9.32. The predicted octanol–water partition coefficient (Wildman–Crippen LogP) is 5.26. The molecule has 0 saturated heterocycles. The van der Waals surface area contributed by atoms with Crippen LogP contribution in [0.5, 0.6) is 0 Å². The molecule has 0 amide bonds. The van der Waals surface area contributed by atoms with Crippen LogP contribution >= 0.6 is 11.8 Å². The van der Waals surface area contributed by atoms with Gasteiger partial charge in [0.05, 0.1) is 4.92 Å². The van der Waals surface area contributed by atoms with E-state index in [9.17, 15) is 25.0 Å². The van der Waals surface area contributed by atoms with Crippen molar-refractivity contribution in [3.8, 4) is 0 Å². The molecule has 3 rings (SSSR count). The monoisotopic (exact) mass is 422 g/mol. The Labute approximate surface area is 177 Å². The van der Waals surface area contributed by atoms with Gasteiger partial charge in [0.25, 0.3) is 11.7 Å². The van der Waals surface area contributed by atoms with Crippen molar-refractivity contribution >= 4 is 23.2 Å². The molecule has 0 fully saturated rings. The Hall–Kier alpha value is -3.52. The van der Waals surface area contributed by atoms with Crippen LogP contribution in [0.2, 0.25) is 0 Å². The molecule has 0 radical (unpaired) electrons. The maximum Gasteiger partial charge on any atom is 0.290 e. The third-order valence-corrected chi connectivity index (χ3v) is 5.89. The van der Waals surface area contributed by atoms with Crippen molar-refractivity contribution in [1.29, 1.82) is 0 Å². The Morgan fingerprint density at radius 2 is 1.47 bits per heavy atom. The highest BCUT2D eigenvalue weighted by Gasteiger charge is 2.41. The van der Waals surface area contributed by atoms with Crippen molar-refractivity contribution in [1.82, 2.24) is 0 Å². The molecule has 0 aliphatic rings. The number of nitrogens with zero attached hydrogens (tertiary/aromatic N) is 2. The van der Waals surface area contributed by atoms with Crippen molar-refractivity contribution in [2.75, 3.05) is 0 Å². The number of nitro benzene ring substituents is 1. The van der Waals surface area contributed by atoms with Crippen LogP contribution in [0.25, 0.3) is 0 Å². The van der Waals surface area contributed by atoms with Gasteiger partial charge in [-0.15, -0.1) is 11.8 Å². The lowest BCUT2D eigenvalue weighted by Crippen LogP contribution is -2.34. The number of benzene rings is 3. The van der Waals surface area contributed by atoms with Crippen LogP contribution in [0.3, 0.4) is 0 Å². The van der Waals surface area contributed by atoms with Crippen LogP contribution in [0.15, 0.2) is 83.8 Å². The highest BCUT2D eigenvalue weighted by Crippen LogP contribution is 2.40. The van der Waals surface area contributed by atoms with Gasteiger partial charge in [-0.25, -0.2) is 0 Å². The molecule has 0 aromatic heterocycles. The summed E-state index contributed by atoms with van der Waals surface area (Å²) in [7, 11) is 0. The van der Waals surface area contributed by atoms with Gasteiger partial charge < -0.3 is 0 Å². The Balaban J connectivity index is 2.05. The number of nitro groups is 2. The maximum absolute atomic E-state index is 13.1. The largest absolute Gasteiger partial charge is 0.290 e. The van der Waals surface area contributed by atoms with Crippen molar-refractivity contribution < 1.29 is 14.6 Å². The summed E-state index contributed by atoms with van der Waals surface area (Å²) in [6.45, 7) is 1.93. The van der Waals surface area contributed by atoms with Crippen molar-refractivity contribution in [3.63, 3.8) is 0 Å². The molecular weight excluding hydrogens is 404 g/mol. The molecule has 0 N–H and O–H groups in total. The summed E-state index contributed by atoms with van der Waals surface area (Å²) in [5.74, 6) is -0.608. The fourth-order valence-electron chi connectivity index (χ4n) is 2.98. The van der Waals surface area contributed by atoms with Gasteiger partial charge in [0.1, 0.15) is 5.25 Å². The minimum Gasteiger partial charge on any atom is -0.286 e. The van der Waals surface area contributed by atoms with Crippen LogP contribution in [-0.4, -0.2) is 21.7 Å². The van der Waals surface area contributed by atoms with Gasteiger partial charge >= 0.3 is 0 Å². The minimum absolute atomic E-state index is 0.120. The summed E-state index contributed by atoms with van der Waals surface area (Å²) in [5.41, 5.74) is 1.63. The smallest absolute Gasteiger partial charge is 0.286 e. The lowest BCUT2D eigenvalue weighted by Gasteiger charge is -2.20.